The van der Waals surface area contributed by atoms with E-state index in [4.69, 9.17) is 0 Å². The zero-order valence-corrected chi connectivity index (χ0v) is 9.10. The Labute approximate surface area is 84.8 Å². The third-order valence-electron chi connectivity index (χ3n) is 0. The first-order valence-corrected chi connectivity index (χ1v) is 0. The van der Waals surface area contributed by atoms with Crippen molar-refractivity contribution in [3.63, 3.8) is 0 Å². The average molecular weight is 403 g/mol. The summed E-state index contributed by atoms with van der Waals surface area (Å²) in [5.74, 6) is 0. The van der Waals surface area contributed by atoms with Crippen LogP contribution in [0.3, 0.4) is 0 Å². The summed E-state index contributed by atoms with van der Waals surface area (Å²) in [7, 11) is 0. The van der Waals surface area contributed by atoms with E-state index in [1.807, 2.05) is 0 Å². The lowest BCUT2D eigenvalue weighted by molar-refractivity contribution is 5.75. The van der Waals surface area contributed by atoms with Gasteiger partial charge in [-0.3, -0.25) is 0 Å². The van der Waals surface area contributed by atoms with Crippen LogP contribution in [-0.2, 0) is 0 Å². The number of halogens is 4. The molecule has 0 unspecified atom stereocenters. The van der Waals surface area contributed by atoms with Crippen molar-refractivity contribution >= 4 is 85.9 Å². The van der Waals surface area contributed by atoms with Crippen molar-refractivity contribution < 1.29 is 0 Å². The molecule has 0 saturated carbocycles. The largest absolute Gasteiger partial charge is 0.114 e. The molecule has 0 atom stereocenters. The summed E-state index contributed by atoms with van der Waals surface area (Å²) in [6.07, 6.45) is 0. The molecule has 0 aromatic rings. The van der Waals surface area contributed by atoms with E-state index < -0.39 is 0 Å². The fraction of sp³-hybridized carbons (Fsp3) is 0. The standard InChI is InChI=1S/3BrH.HI.H4Si/h4*1H;1H4. The van der Waals surface area contributed by atoms with E-state index in [1.54, 1.807) is 0 Å². The van der Waals surface area contributed by atoms with E-state index in [9.17, 15) is 0 Å². The molecule has 40 valence electrons. The third kappa shape index (κ3) is 21.6. The Balaban J connectivity index is 0. The first-order valence-electron chi connectivity index (χ1n) is 0. The van der Waals surface area contributed by atoms with Crippen LogP contribution in [0.25, 0.3) is 0 Å². The van der Waals surface area contributed by atoms with Gasteiger partial charge in [-0.1, -0.05) is 0 Å². The molecule has 0 bridgehead atoms. The molecule has 0 fully saturated rings. The van der Waals surface area contributed by atoms with Gasteiger partial charge >= 0.3 is 0 Å². The Morgan fingerprint density at radius 2 is 0.600 bits per heavy atom. The lowest BCUT2D eigenvalue weighted by Gasteiger charge is -0.115. The highest BCUT2D eigenvalue weighted by Gasteiger charge is -0.0148. The second kappa shape index (κ2) is 32.5. The SMILES string of the molecule is Br.Br.Br.I.[SiH4]. The van der Waals surface area contributed by atoms with Gasteiger partial charge in [-0.25, -0.2) is 0 Å². The topological polar surface area (TPSA) is 0 Å². The van der Waals surface area contributed by atoms with Gasteiger partial charge in [0.2, 0.25) is 0 Å². The molecule has 5 heavy (non-hydrogen) atoms. The highest BCUT2D eigenvalue weighted by Crippen LogP contribution is 0.886. The van der Waals surface area contributed by atoms with E-state index in [0.717, 1.165) is 0 Å². The molecule has 0 aliphatic heterocycles. The normalized spacial score (nSPS) is 0. The maximum absolute atomic E-state index is 0. The molecule has 0 aliphatic rings. The highest BCUT2D eigenvalue weighted by atomic mass is 127. The van der Waals surface area contributed by atoms with Crippen molar-refractivity contribution in [2.24, 2.45) is 0 Å². The van der Waals surface area contributed by atoms with Crippen molar-refractivity contribution in [3.8, 4) is 0 Å². The molecule has 0 N–H and O–H groups in total. The minimum Gasteiger partial charge on any atom is -0.114 e. The van der Waals surface area contributed by atoms with Gasteiger partial charge < -0.3 is 0 Å². The lowest BCUT2D eigenvalue weighted by Crippen LogP contribution is -0.381. The Morgan fingerprint density at radius 1 is 0.600 bits per heavy atom. The van der Waals surface area contributed by atoms with Crippen LogP contribution in [0.15, 0.2) is 0 Å². The zero-order valence-electron chi connectivity index (χ0n) is 1.63. The predicted octanol–water partition coefficient (Wildman–Crippen LogP) is 0.900. The van der Waals surface area contributed by atoms with Crippen LogP contribution in [0.1, 0.15) is 0 Å². The second-order valence-electron chi connectivity index (χ2n) is 0. The summed E-state index contributed by atoms with van der Waals surface area (Å²) < 4.78 is 0. The molecule has 0 aromatic heterocycles. The van der Waals surface area contributed by atoms with Gasteiger partial charge in [-0.05, 0) is 11.0 Å². The van der Waals surface area contributed by atoms with Crippen LogP contribution < -0.4 is 0 Å². The third-order valence-corrected chi connectivity index (χ3v) is 0. The van der Waals surface area contributed by atoms with E-state index >= 15 is 0 Å². The maximum Gasteiger partial charge on any atom is -0.0149 e. The van der Waals surface area contributed by atoms with Crippen LogP contribution in [0, 0.1) is 0 Å². The van der Waals surface area contributed by atoms with Crippen molar-refractivity contribution in [1.82, 2.24) is 0 Å². The fourth-order valence-electron chi connectivity index (χ4n) is 0. The van der Waals surface area contributed by atoms with Crippen molar-refractivity contribution in [2.75, 3.05) is 0 Å². The van der Waals surface area contributed by atoms with Crippen LogP contribution in [-0.4, -0.2) is 11.0 Å². The zero-order chi connectivity index (χ0) is 0. The van der Waals surface area contributed by atoms with Crippen LogP contribution >= 0.6 is 74.9 Å². The molecule has 5 heteroatoms. The Hall–Kier alpha value is 2.39. The number of rotatable bonds is 0. The molecule has 0 aliphatic carbocycles. The van der Waals surface area contributed by atoms with Crippen molar-refractivity contribution in [2.45, 2.75) is 0 Å². The van der Waals surface area contributed by atoms with Gasteiger partial charge in [-0.2, -0.15) is 0 Å². The molecular formula is H8Br3ISi. The summed E-state index contributed by atoms with van der Waals surface area (Å²) >= 11 is 0. The molecule has 0 nitrogen and oxygen atoms in total. The number of hydrogen-bond acceptors (Lipinski definition) is 0. The van der Waals surface area contributed by atoms with Crippen LogP contribution in [0.2, 0.25) is 0 Å². The Morgan fingerprint density at radius 3 is 0.600 bits per heavy atom. The van der Waals surface area contributed by atoms with Gasteiger partial charge in [0.25, 0.3) is 0 Å². The maximum atomic E-state index is 0. The summed E-state index contributed by atoms with van der Waals surface area (Å²) in [4.78, 5) is 0. The molecule has 0 saturated heterocycles. The van der Waals surface area contributed by atoms with Gasteiger partial charge in [0, 0.05) is 0 Å². The van der Waals surface area contributed by atoms with Gasteiger partial charge in [0.05, 0.1) is 0 Å². The van der Waals surface area contributed by atoms with E-state index in [0.29, 0.717) is 0 Å². The number of hydrogen-bond donors (Lipinski definition) is 0. The molecule has 0 amide bonds. The molecule has 0 aromatic carbocycles. The molecule has 0 rings (SSSR count). The minimum absolute atomic E-state index is 0. The fourth-order valence-corrected chi connectivity index (χ4v) is 0. The summed E-state index contributed by atoms with van der Waals surface area (Å²) in [5.41, 5.74) is 0. The van der Waals surface area contributed by atoms with Crippen molar-refractivity contribution in [3.05, 3.63) is 0 Å². The average Bonchev–Trinajstić information content (AvgIpc) is 0. The van der Waals surface area contributed by atoms with Crippen LogP contribution in [0.5, 0.6) is 0 Å². The van der Waals surface area contributed by atoms with Gasteiger partial charge in [-0.15, -0.1) is 74.9 Å². The minimum atomic E-state index is 0. The summed E-state index contributed by atoms with van der Waals surface area (Å²) in [6, 6.07) is 0. The quantitative estimate of drug-likeness (QED) is 0.417. The molecule has 0 heterocycles. The Bertz CT molecular complexity index is 6.85. The van der Waals surface area contributed by atoms with E-state index in [-0.39, 0.29) is 85.9 Å². The highest BCUT2D eigenvalue weighted by molar-refractivity contribution is 14.0. The van der Waals surface area contributed by atoms with Gasteiger partial charge in [0.1, 0.15) is 0 Å². The predicted molar refractivity (Wildman–Crippen MR) is 57.7 cm³/mol. The second-order valence-corrected chi connectivity index (χ2v) is 0. The molecular weight excluding hydrogens is 395 g/mol. The Kier molecular flexibility index (Phi) is 344. The molecule has 0 radical (unpaired) electrons. The lowest BCUT2D eigenvalue weighted by atomic mass is 28.1. The first kappa shape index (κ1) is 52.9. The molecule has 0 spiro atoms. The first-order chi connectivity index (χ1) is 0. The van der Waals surface area contributed by atoms with E-state index in [2.05, 4.69) is 0 Å². The van der Waals surface area contributed by atoms with Gasteiger partial charge in [0.15, 0.2) is 0 Å². The monoisotopic (exact) mass is 400 g/mol. The van der Waals surface area contributed by atoms with E-state index in [1.165, 1.54) is 0 Å². The summed E-state index contributed by atoms with van der Waals surface area (Å²) in [5, 5.41) is 0. The summed E-state index contributed by atoms with van der Waals surface area (Å²) in [6.45, 7) is 0. The smallest absolute Gasteiger partial charge is 0.0149 e. The van der Waals surface area contributed by atoms with Crippen molar-refractivity contribution in [1.29, 1.82) is 0 Å². The van der Waals surface area contributed by atoms with Crippen LogP contribution in [0.4, 0.5) is 0 Å².